The van der Waals surface area contributed by atoms with Crippen LogP contribution in [0.25, 0.3) is 0 Å². The molecule has 0 atom stereocenters. The Morgan fingerprint density at radius 2 is 1.83 bits per heavy atom. The van der Waals surface area contributed by atoms with Gasteiger partial charge in [-0.15, -0.1) is 0 Å². The zero-order chi connectivity index (χ0) is 24.6. The fourth-order valence-electron chi connectivity index (χ4n) is 3.85. The van der Waals surface area contributed by atoms with E-state index < -0.39 is 0 Å². The highest BCUT2D eigenvalue weighted by atomic mass is 35.5. The van der Waals surface area contributed by atoms with Gasteiger partial charge in [-0.1, -0.05) is 41.4 Å². The first-order valence-electron chi connectivity index (χ1n) is 11.8. The number of aryl methyl sites for hydroxylation is 2. The van der Waals surface area contributed by atoms with Crippen molar-refractivity contribution in [2.45, 2.75) is 32.6 Å². The van der Waals surface area contributed by atoms with E-state index in [1.165, 1.54) is 5.56 Å². The summed E-state index contributed by atoms with van der Waals surface area (Å²) in [6, 6.07) is 20.8. The normalized spacial score (nSPS) is 12.6. The Hall–Kier alpha value is -3.51. The molecule has 0 unspecified atom stereocenters. The summed E-state index contributed by atoms with van der Waals surface area (Å²) in [7, 11) is 0. The molecule has 0 fully saturated rings. The number of carbonyl (C=O) groups is 2. The highest BCUT2D eigenvalue weighted by Crippen LogP contribution is 2.35. The number of nitrogens with one attached hydrogen (secondary N) is 1. The largest absolute Gasteiger partial charge is 0.494 e. The molecule has 0 aliphatic carbocycles. The first-order chi connectivity index (χ1) is 17.0. The van der Waals surface area contributed by atoms with Crippen LogP contribution in [0.5, 0.6) is 11.5 Å². The molecule has 1 aliphatic heterocycles. The summed E-state index contributed by atoms with van der Waals surface area (Å²) in [5.74, 6) is 1.24. The lowest BCUT2D eigenvalue weighted by Crippen LogP contribution is -2.39. The second kappa shape index (κ2) is 11.8. The van der Waals surface area contributed by atoms with Gasteiger partial charge in [0, 0.05) is 23.7 Å². The summed E-state index contributed by atoms with van der Waals surface area (Å²) in [5.41, 5.74) is 3.65. The van der Waals surface area contributed by atoms with E-state index in [9.17, 15) is 9.59 Å². The van der Waals surface area contributed by atoms with Crippen LogP contribution in [0, 0.1) is 6.92 Å². The molecule has 3 aromatic rings. The third kappa shape index (κ3) is 6.99. The maximum absolute atomic E-state index is 12.6. The molecule has 1 heterocycles. The predicted octanol–water partition coefficient (Wildman–Crippen LogP) is 5.80. The van der Waals surface area contributed by atoms with E-state index in [4.69, 9.17) is 21.1 Å². The van der Waals surface area contributed by atoms with Crippen molar-refractivity contribution in [2.24, 2.45) is 0 Å². The Morgan fingerprint density at radius 1 is 1.06 bits per heavy atom. The van der Waals surface area contributed by atoms with Gasteiger partial charge in [-0.2, -0.15) is 0 Å². The summed E-state index contributed by atoms with van der Waals surface area (Å²) < 4.78 is 11.3. The smallest absolute Gasteiger partial charge is 0.265 e. The van der Waals surface area contributed by atoms with Crippen molar-refractivity contribution in [2.75, 3.05) is 30.0 Å². The topological polar surface area (TPSA) is 67.9 Å². The van der Waals surface area contributed by atoms with Crippen LogP contribution >= 0.6 is 11.6 Å². The zero-order valence-corrected chi connectivity index (χ0v) is 20.5. The maximum atomic E-state index is 12.6. The third-order valence-corrected chi connectivity index (χ3v) is 6.06. The number of benzene rings is 3. The van der Waals surface area contributed by atoms with Gasteiger partial charge in [-0.3, -0.25) is 9.59 Å². The van der Waals surface area contributed by atoms with Crippen molar-refractivity contribution >= 4 is 34.8 Å². The van der Waals surface area contributed by atoms with Gasteiger partial charge < -0.3 is 19.7 Å². The van der Waals surface area contributed by atoms with Crippen molar-refractivity contribution in [3.8, 4) is 11.5 Å². The molecule has 35 heavy (non-hydrogen) atoms. The van der Waals surface area contributed by atoms with Gasteiger partial charge in [0.15, 0.2) is 6.61 Å². The second-order valence-electron chi connectivity index (χ2n) is 8.56. The van der Waals surface area contributed by atoms with Crippen LogP contribution in [0.3, 0.4) is 0 Å². The van der Waals surface area contributed by atoms with E-state index in [1.807, 2.05) is 43.3 Å². The number of ether oxygens (including phenoxy) is 2. The van der Waals surface area contributed by atoms with E-state index in [1.54, 1.807) is 35.2 Å². The van der Waals surface area contributed by atoms with Crippen LogP contribution in [-0.4, -0.2) is 31.6 Å². The SMILES string of the molecule is Cc1ccc(CCC(=O)Nc2ccc3c(c2)N(CCCCOc2ccc(Cl)cc2)C(=O)CO3)cc1. The molecular weight excluding hydrogens is 464 g/mol. The van der Waals surface area contributed by atoms with Crippen LogP contribution in [0.15, 0.2) is 66.7 Å². The first-order valence-corrected chi connectivity index (χ1v) is 12.2. The zero-order valence-electron chi connectivity index (χ0n) is 19.8. The minimum atomic E-state index is -0.0982. The summed E-state index contributed by atoms with van der Waals surface area (Å²) in [5, 5.41) is 3.62. The fourth-order valence-corrected chi connectivity index (χ4v) is 3.98. The lowest BCUT2D eigenvalue weighted by atomic mass is 10.1. The van der Waals surface area contributed by atoms with E-state index in [2.05, 4.69) is 5.32 Å². The number of halogens is 1. The highest BCUT2D eigenvalue weighted by molar-refractivity contribution is 6.30. The molecule has 0 radical (unpaired) electrons. The van der Waals surface area contributed by atoms with Gasteiger partial charge in [0.05, 0.1) is 12.3 Å². The molecule has 0 spiro atoms. The number of hydrogen-bond donors (Lipinski definition) is 1. The molecule has 1 N–H and O–H groups in total. The number of amides is 2. The number of unbranched alkanes of at least 4 members (excludes halogenated alkanes) is 1. The van der Waals surface area contributed by atoms with Gasteiger partial charge in [-0.05, 0) is 74.2 Å². The Balaban J connectivity index is 1.30. The Morgan fingerprint density at radius 3 is 2.60 bits per heavy atom. The van der Waals surface area contributed by atoms with Crippen LogP contribution in [0.1, 0.15) is 30.4 Å². The van der Waals surface area contributed by atoms with Crippen molar-refractivity contribution < 1.29 is 19.1 Å². The molecule has 3 aromatic carbocycles. The monoisotopic (exact) mass is 492 g/mol. The molecule has 182 valence electrons. The number of fused-ring (bicyclic) bond motifs is 1. The predicted molar refractivity (Wildman–Crippen MR) is 139 cm³/mol. The molecule has 6 nitrogen and oxygen atoms in total. The molecule has 7 heteroatoms. The van der Waals surface area contributed by atoms with Crippen molar-refractivity contribution in [3.05, 3.63) is 82.9 Å². The average Bonchev–Trinajstić information content (AvgIpc) is 2.86. The number of anilines is 2. The minimum Gasteiger partial charge on any atom is -0.494 e. The molecular formula is C28H29ClN2O4. The van der Waals surface area contributed by atoms with Crippen LogP contribution in [0.2, 0.25) is 5.02 Å². The van der Waals surface area contributed by atoms with E-state index in [-0.39, 0.29) is 18.4 Å². The van der Waals surface area contributed by atoms with Crippen molar-refractivity contribution in [1.29, 1.82) is 0 Å². The minimum absolute atomic E-state index is 0.0104. The highest BCUT2D eigenvalue weighted by Gasteiger charge is 2.25. The summed E-state index contributed by atoms with van der Waals surface area (Å²) in [6.07, 6.45) is 2.61. The summed E-state index contributed by atoms with van der Waals surface area (Å²) in [4.78, 5) is 26.8. The molecule has 0 saturated carbocycles. The molecule has 0 saturated heterocycles. The third-order valence-electron chi connectivity index (χ3n) is 5.81. The van der Waals surface area contributed by atoms with Gasteiger partial charge in [0.2, 0.25) is 5.91 Å². The second-order valence-corrected chi connectivity index (χ2v) is 9.00. The van der Waals surface area contributed by atoms with Gasteiger partial charge in [-0.25, -0.2) is 0 Å². The Kier molecular flexibility index (Phi) is 8.27. The van der Waals surface area contributed by atoms with Crippen LogP contribution in [0.4, 0.5) is 11.4 Å². The van der Waals surface area contributed by atoms with Gasteiger partial charge in [0.25, 0.3) is 5.91 Å². The van der Waals surface area contributed by atoms with Crippen molar-refractivity contribution in [1.82, 2.24) is 0 Å². The number of hydrogen-bond acceptors (Lipinski definition) is 4. The standard InChI is InChI=1S/C28H29ClN2O4/c1-20-4-6-21(7-5-20)8-15-27(32)30-23-11-14-26-25(18-23)31(28(33)19-35-26)16-2-3-17-34-24-12-9-22(29)10-13-24/h4-7,9-14,18H,2-3,8,15-17,19H2,1H3,(H,30,32). The average molecular weight is 493 g/mol. The Labute approximate surface area is 210 Å². The van der Waals surface area contributed by atoms with E-state index in [0.29, 0.717) is 48.1 Å². The molecule has 1 aliphatic rings. The van der Waals surface area contributed by atoms with Crippen molar-refractivity contribution in [3.63, 3.8) is 0 Å². The van der Waals surface area contributed by atoms with Crippen LogP contribution in [-0.2, 0) is 16.0 Å². The molecule has 2 amide bonds. The maximum Gasteiger partial charge on any atom is 0.265 e. The van der Waals surface area contributed by atoms with E-state index in [0.717, 1.165) is 24.2 Å². The number of nitrogens with zero attached hydrogens (tertiary/aromatic N) is 1. The lowest BCUT2D eigenvalue weighted by Gasteiger charge is -2.30. The van der Waals surface area contributed by atoms with Crippen LogP contribution < -0.4 is 19.7 Å². The number of rotatable bonds is 10. The fraction of sp³-hybridized carbons (Fsp3) is 0.286. The molecule has 0 bridgehead atoms. The van der Waals surface area contributed by atoms with Gasteiger partial charge >= 0.3 is 0 Å². The molecule has 0 aromatic heterocycles. The summed E-state index contributed by atoms with van der Waals surface area (Å²) in [6.45, 7) is 3.14. The summed E-state index contributed by atoms with van der Waals surface area (Å²) >= 11 is 5.89. The van der Waals surface area contributed by atoms with Gasteiger partial charge in [0.1, 0.15) is 11.5 Å². The number of carbonyl (C=O) groups excluding carboxylic acids is 2. The Bertz CT molecular complexity index is 1160. The first kappa shape index (κ1) is 24.6. The van der Waals surface area contributed by atoms with E-state index >= 15 is 0 Å². The lowest BCUT2D eigenvalue weighted by molar-refractivity contribution is -0.121. The quantitative estimate of drug-likeness (QED) is 0.363. The molecule has 4 rings (SSSR count).